The lowest BCUT2D eigenvalue weighted by molar-refractivity contribution is 0.0235. The summed E-state index contributed by atoms with van der Waals surface area (Å²) in [6.07, 6.45) is 3.50. The zero-order valence-corrected chi connectivity index (χ0v) is 10.8. The number of aliphatic hydroxyl groups is 1. The van der Waals surface area contributed by atoms with Crippen LogP contribution in [0.4, 0.5) is 0 Å². The number of benzene rings is 1. The molecule has 3 rings (SSSR count). The van der Waals surface area contributed by atoms with Crippen molar-refractivity contribution in [3.8, 4) is 0 Å². The van der Waals surface area contributed by atoms with Crippen molar-refractivity contribution in [2.75, 3.05) is 7.11 Å². The van der Waals surface area contributed by atoms with Gasteiger partial charge in [0, 0.05) is 5.39 Å². The van der Waals surface area contributed by atoms with Crippen LogP contribution in [0.1, 0.15) is 41.8 Å². The van der Waals surface area contributed by atoms with E-state index in [2.05, 4.69) is 0 Å². The fourth-order valence-electron chi connectivity index (χ4n) is 2.72. The van der Waals surface area contributed by atoms with Gasteiger partial charge in [0.15, 0.2) is 0 Å². The van der Waals surface area contributed by atoms with Crippen LogP contribution in [0.2, 0.25) is 0 Å². The van der Waals surface area contributed by atoms with Crippen LogP contribution in [0.15, 0.2) is 28.7 Å². The van der Waals surface area contributed by atoms with Gasteiger partial charge in [0.05, 0.1) is 12.7 Å². The van der Waals surface area contributed by atoms with E-state index in [-0.39, 0.29) is 5.97 Å². The van der Waals surface area contributed by atoms with Gasteiger partial charge in [-0.1, -0.05) is 0 Å². The van der Waals surface area contributed by atoms with Crippen molar-refractivity contribution in [2.24, 2.45) is 0 Å². The van der Waals surface area contributed by atoms with Crippen molar-refractivity contribution in [1.29, 1.82) is 0 Å². The molecule has 1 aromatic carbocycles. The zero-order chi connectivity index (χ0) is 13.5. The molecule has 1 saturated carbocycles. The fourth-order valence-corrected chi connectivity index (χ4v) is 2.72. The predicted molar refractivity (Wildman–Crippen MR) is 69.9 cm³/mol. The van der Waals surface area contributed by atoms with Gasteiger partial charge >= 0.3 is 5.97 Å². The summed E-state index contributed by atoms with van der Waals surface area (Å²) in [6, 6.07) is 6.96. The molecule has 0 atom stereocenters. The van der Waals surface area contributed by atoms with Gasteiger partial charge in [-0.3, -0.25) is 0 Å². The molecule has 0 saturated heterocycles. The van der Waals surface area contributed by atoms with E-state index in [1.54, 1.807) is 18.2 Å². The molecule has 0 bridgehead atoms. The van der Waals surface area contributed by atoms with E-state index >= 15 is 0 Å². The Balaban J connectivity index is 2.03. The summed E-state index contributed by atoms with van der Waals surface area (Å²) >= 11 is 0. The Kier molecular flexibility index (Phi) is 2.82. The summed E-state index contributed by atoms with van der Waals surface area (Å²) in [5.41, 5.74) is 0.327. The molecule has 1 aliphatic rings. The molecule has 4 heteroatoms. The molecule has 100 valence electrons. The number of carbonyl (C=O) groups is 1. The minimum atomic E-state index is -0.843. The van der Waals surface area contributed by atoms with Crippen LogP contribution < -0.4 is 0 Å². The third-order valence-corrected chi connectivity index (χ3v) is 3.83. The first-order valence-electron chi connectivity index (χ1n) is 6.47. The first kappa shape index (κ1) is 12.2. The summed E-state index contributed by atoms with van der Waals surface area (Å²) in [7, 11) is 1.36. The summed E-state index contributed by atoms with van der Waals surface area (Å²) in [4.78, 5) is 11.5. The highest BCUT2D eigenvalue weighted by Crippen LogP contribution is 2.40. The molecule has 1 aromatic heterocycles. The molecule has 1 heterocycles. The molecule has 19 heavy (non-hydrogen) atoms. The van der Waals surface area contributed by atoms with Crippen LogP contribution in [-0.2, 0) is 10.3 Å². The molecule has 4 nitrogen and oxygen atoms in total. The average Bonchev–Trinajstić information content (AvgIpc) is 3.03. The largest absolute Gasteiger partial charge is 0.465 e. The van der Waals surface area contributed by atoms with E-state index in [1.807, 2.05) is 6.07 Å². The van der Waals surface area contributed by atoms with E-state index in [1.165, 1.54) is 7.11 Å². The highest BCUT2D eigenvalue weighted by molar-refractivity contribution is 5.94. The predicted octanol–water partition coefficient (Wildman–Crippen LogP) is 2.98. The van der Waals surface area contributed by atoms with Gasteiger partial charge in [-0.15, -0.1) is 0 Å². The molecule has 0 aliphatic heterocycles. The van der Waals surface area contributed by atoms with E-state index in [9.17, 15) is 9.90 Å². The van der Waals surface area contributed by atoms with E-state index < -0.39 is 5.60 Å². The molecule has 0 radical (unpaired) electrons. The van der Waals surface area contributed by atoms with Crippen molar-refractivity contribution in [2.45, 2.75) is 31.3 Å². The van der Waals surface area contributed by atoms with Crippen molar-refractivity contribution >= 4 is 16.9 Å². The second kappa shape index (κ2) is 4.38. The number of furan rings is 1. The quantitative estimate of drug-likeness (QED) is 0.843. The fraction of sp³-hybridized carbons (Fsp3) is 0.400. The number of rotatable bonds is 2. The van der Waals surface area contributed by atoms with Crippen LogP contribution in [0.3, 0.4) is 0 Å². The second-order valence-electron chi connectivity index (χ2n) is 5.09. The minimum absolute atomic E-state index is 0.371. The molecule has 1 N–H and O–H groups in total. The first-order valence-corrected chi connectivity index (χ1v) is 6.47. The van der Waals surface area contributed by atoms with Crippen LogP contribution in [0.25, 0.3) is 11.0 Å². The normalized spacial score (nSPS) is 17.8. The SMILES string of the molecule is COC(=O)c1ccc2oc(C3(O)CCCC3)cc2c1. The van der Waals surface area contributed by atoms with Gasteiger partial charge in [-0.2, -0.15) is 0 Å². The van der Waals surface area contributed by atoms with Gasteiger partial charge in [0.1, 0.15) is 16.9 Å². The molecule has 0 spiro atoms. The summed E-state index contributed by atoms with van der Waals surface area (Å²) < 4.78 is 10.4. The highest BCUT2D eigenvalue weighted by atomic mass is 16.5. The van der Waals surface area contributed by atoms with Crippen molar-refractivity contribution in [3.05, 3.63) is 35.6 Å². The molecule has 2 aromatic rings. The Hall–Kier alpha value is -1.81. The van der Waals surface area contributed by atoms with Gasteiger partial charge in [-0.05, 0) is 49.9 Å². The van der Waals surface area contributed by atoms with Gasteiger partial charge in [-0.25, -0.2) is 4.79 Å². The Labute approximate surface area is 111 Å². The third kappa shape index (κ3) is 2.02. The summed E-state index contributed by atoms with van der Waals surface area (Å²) in [6.45, 7) is 0. The number of fused-ring (bicyclic) bond motifs is 1. The molecule has 0 unspecified atom stereocenters. The van der Waals surface area contributed by atoms with Crippen LogP contribution in [0, 0.1) is 0 Å². The van der Waals surface area contributed by atoms with Gasteiger partial charge < -0.3 is 14.3 Å². The second-order valence-corrected chi connectivity index (χ2v) is 5.09. The Morgan fingerprint density at radius 2 is 2.05 bits per heavy atom. The Morgan fingerprint density at radius 1 is 1.32 bits per heavy atom. The number of esters is 1. The minimum Gasteiger partial charge on any atom is -0.465 e. The van der Waals surface area contributed by atoms with Crippen LogP contribution in [-0.4, -0.2) is 18.2 Å². The van der Waals surface area contributed by atoms with Crippen molar-refractivity contribution in [3.63, 3.8) is 0 Å². The zero-order valence-electron chi connectivity index (χ0n) is 10.8. The van der Waals surface area contributed by atoms with E-state index in [0.717, 1.165) is 31.1 Å². The number of hydrogen-bond acceptors (Lipinski definition) is 4. The maximum Gasteiger partial charge on any atom is 0.337 e. The first-order chi connectivity index (χ1) is 9.12. The lowest BCUT2D eigenvalue weighted by Gasteiger charge is -2.18. The Bertz CT molecular complexity index is 620. The van der Waals surface area contributed by atoms with E-state index in [4.69, 9.17) is 9.15 Å². The van der Waals surface area contributed by atoms with Crippen molar-refractivity contribution < 1.29 is 19.1 Å². The number of carbonyl (C=O) groups excluding carboxylic acids is 1. The summed E-state index contributed by atoms with van der Waals surface area (Å²) in [5.74, 6) is 0.228. The van der Waals surface area contributed by atoms with Crippen LogP contribution in [0.5, 0.6) is 0 Å². The van der Waals surface area contributed by atoms with E-state index in [0.29, 0.717) is 16.9 Å². The Morgan fingerprint density at radius 3 is 2.74 bits per heavy atom. The third-order valence-electron chi connectivity index (χ3n) is 3.83. The van der Waals surface area contributed by atoms with Gasteiger partial charge in [0.2, 0.25) is 0 Å². The smallest absolute Gasteiger partial charge is 0.337 e. The number of methoxy groups -OCH3 is 1. The van der Waals surface area contributed by atoms with Crippen molar-refractivity contribution in [1.82, 2.24) is 0 Å². The molecule has 1 aliphatic carbocycles. The maximum atomic E-state index is 11.5. The number of ether oxygens (including phenoxy) is 1. The average molecular weight is 260 g/mol. The lowest BCUT2D eigenvalue weighted by atomic mass is 9.99. The standard InChI is InChI=1S/C15H16O4/c1-18-14(16)10-4-5-12-11(8-10)9-13(19-12)15(17)6-2-3-7-15/h4-5,8-9,17H,2-3,6-7H2,1H3. The molecular formula is C15H16O4. The van der Waals surface area contributed by atoms with Gasteiger partial charge in [0.25, 0.3) is 0 Å². The molecule has 1 fully saturated rings. The molecular weight excluding hydrogens is 244 g/mol. The molecule has 0 amide bonds. The van der Waals surface area contributed by atoms with Crippen LogP contribution >= 0.6 is 0 Å². The maximum absolute atomic E-state index is 11.5. The number of hydrogen-bond donors (Lipinski definition) is 1. The topological polar surface area (TPSA) is 59.7 Å². The lowest BCUT2D eigenvalue weighted by Crippen LogP contribution is -2.19. The summed E-state index contributed by atoms with van der Waals surface area (Å²) in [5, 5.41) is 11.3. The highest BCUT2D eigenvalue weighted by Gasteiger charge is 2.36. The monoisotopic (exact) mass is 260 g/mol.